The molecule has 1 N–H and O–H groups in total. The lowest BCUT2D eigenvalue weighted by atomic mass is 10.0. The summed E-state index contributed by atoms with van der Waals surface area (Å²) in [6, 6.07) is 7.72. The van der Waals surface area contributed by atoms with Crippen molar-refractivity contribution in [2.75, 3.05) is 0 Å². The van der Waals surface area contributed by atoms with Crippen LogP contribution in [0.1, 0.15) is 36.5 Å². The maximum Gasteiger partial charge on any atom is 0.134 e. The number of nitrogens with zero attached hydrogens (tertiary/aromatic N) is 3. The fourth-order valence-electron chi connectivity index (χ4n) is 2.54. The molecule has 0 aliphatic rings. The first-order valence-corrected chi connectivity index (χ1v) is 6.76. The van der Waals surface area contributed by atoms with Gasteiger partial charge in [0.2, 0.25) is 0 Å². The summed E-state index contributed by atoms with van der Waals surface area (Å²) in [5.41, 5.74) is 2.27. The number of furan rings is 1. The minimum atomic E-state index is -0.778. The summed E-state index contributed by atoms with van der Waals surface area (Å²) < 4.78 is 7.45. The lowest BCUT2D eigenvalue weighted by Gasteiger charge is -2.11. The predicted molar refractivity (Wildman–Crippen MR) is 75.3 cm³/mol. The van der Waals surface area contributed by atoms with E-state index >= 15 is 0 Å². The number of para-hydroxylation sites is 1. The highest BCUT2D eigenvalue weighted by Crippen LogP contribution is 2.33. The van der Waals surface area contributed by atoms with Crippen LogP contribution in [-0.4, -0.2) is 20.1 Å². The van der Waals surface area contributed by atoms with Gasteiger partial charge in [0.15, 0.2) is 0 Å². The molecule has 1 unspecified atom stereocenters. The smallest absolute Gasteiger partial charge is 0.134 e. The van der Waals surface area contributed by atoms with E-state index in [2.05, 4.69) is 17.2 Å². The van der Waals surface area contributed by atoms with Gasteiger partial charge in [0.05, 0.1) is 11.9 Å². The lowest BCUT2D eigenvalue weighted by molar-refractivity contribution is 0.206. The fourth-order valence-corrected chi connectivity index (χ4v) is 2.54. The van der Waals surface area contributed by atoms with Crippen LogP contribution in [0.3, 0.4) is 0 Å². The van der Waals surface area contributed by atoms with Gasteiger partial charge < -0.3 is 9.52 Å². The maximum atomic E-state index is 10.7. The Kier molecular flexibility index (Phi) is 3.28. The number of hydrogen-bond donors (Lipinski definition) is 1. The molecule has 5 heteroatoms. The zero-order valence-electron chi connectivity index (χ0n) is 11.6. The zero-order valence-corrected chi connectivity index (χ0v) is 11.6. The molecular weight excluding hydrogens is 254 g/mol. The molecule has 2 heterocycles. The average molecular weight is 271 g/mol. The number of fused-ring (bicyclic) bond motifs is 1. The molecule has 0 bridgehead atoms. The predicted octanol–water partition coefficient (Wildman–Crippen LogP) is 2.82. The number of aliphatic hydroxyl groups excluding tert-OH is 1. The number of benzene rings is 1. The molecule has 0 aliphatic heterocycles. The molecule has 0 saturated carbocycles. The van der Waals surface area contributed by atoms with Crippen molar-refractivity contribution in [1.82, 2.24) is 15.0 Å². The summed E-state index contributed by atoms with van der Waals surface area (Å²) in [5.74, 6) is 0.725. The number of aliphatic hydroxyl groups is 1. The number of aromatic nitrogens is 3. The molecule has 20 heavy (non-hydrogen) atoms. The van der Waals surface area contributed by atoms with E-state index in [9.17, 15) is 5.11 Å². The minimum absolute atomic E-state index is 0.696. The van der Waals surface area contributed by atoms with Gasteiger partial charge in [0.25, 0.3) is 0 Å². The minimum Gasteiger partial charge on any atom is -0.461 e. The Labute approximate surface area is 116 Å². The molecule has 0 fully saturated rings. The number of aryl methyl sites for hydroxylation is 2. The van der Waals surface area contributed by atoms with Crippen LogP contribution < -0.4 is 0 Å². The lowest BCUT2D eigenvalue weighted by Crippen LogP contribution is -2.10. The second-order valence-corrected chi connectivity index (χ2v) is 4.85. The van der Waals surface area contributed by atoms with Crippen molar-refractivity contribution >= 4 is 11.0 Å². The summed E-state index contributed by atoms with van der Waals surface area (Å²) in [7, 11) is 0. The van der Waals surface area contributed by atoms with Crippen LogP contribution >= 0.6 is 0 Å². The molecule has 0 spiro atoms. The van der Waals surface area contributed by atoms with E-state index in [0.29, 0.717) is 5.69 Å². The van der Waals surface area contributed by atoms with Gasteiger partial charge in [-0.15, -0.1) is 5.10 Å². The Balaban J connectivity index is 2.10. The van der Waals surface area contributed by atoms with E-state index in [4.69, 9.17) is 4.42 Å². The van der Waals surface area contributed by atoms with Gasteiger partial charge >= 0.3 is 0 Å². The number of rotatable bonds is 4. The first-order valence-electron chi connectivity index (χ1n) is 6.76. The third kappa shape index (κ3) is 2.00. The van der Waals surface area contributed by atoms with Gasteiger partial charge in [-0.3, -0.25) is 0 Å². The highest BCUT2D eigenvalue weighted by molar-refractivity contribution is 5.83. The highest BCUT2D eigenvalue weighted by atomic mass is 16.3. The van der Waals surface area contributed by atoms with Crippen molar-refractivity contribution in [3.63, 3.8) is 0 Å². The largest absolute Gasteiger partial charge is 0.461 e. The Bertz CT molecular complexity index is 730. The molecule has 0 amide bonds. The van der Waals surface area contributed by atoms with Gasteiger partial charge in [-0.25, -0.2) is 4.68 Å². The number of hydrogen-bond acceptors (Lipinski definition) is 4. The van der Waals surface area contributed by atoms with Crippen molar-refractivity contribution in [3.05, 3.63) is 47.5 Å². The van der Waals surface area contributed by atoms with Crippen LogP contribution in [0.2, 0.25) is 0 Å². The third-order valence-corrected chi connectivity index (χ3v) is 3.46. The maximum absolute atomic E-state index is 10.7. The Morgan fingerprint density at radius 3 is 2.95 bits per heavy atom. The van der Waals surface area contributed by atoms with Crippen LogP contribution in [-0.2, 0) is 6.54 Å². The second kappa shape index (κ2) is 5.09. The topological polar surface area (TPSA) is 64.1 Å². The van der Waals surface area contributed by atoms with Crippen molar-refractivity contribution in [2.45, 2.75) is 32.9 Å². The van der Waals surface area contributed by atoms with E-state index < -0.39 is 6.10 Å². The van der Waals surface area contributed by atoms with Crippen LogP contribution in [0, 0.1) is 6.92 Å². The van der Waals surface area contributed by atoms with E-state index in [-0.39, 0.29) is 0 Å². The molecule has 104 valence electrons. The summed E-state index contributed by atoms with van der Waals surface area (Å²) in [6.07, 6.45) is 1.77. The molecule has 1 aromatic carbocycles. The molecule has 0 saturated heterocycles. The van der Waals surface area contributed by atoms with Crippen molar-refractivity contribution in [3.8, 4) is 0 Å². The van der Waals surface area contributed by atoms with Crippen LogP contribution in [0.15, 0.2) is 34.9 Å². The van der Waals surface area contributed by atoms with Crippen molar-refractivity contribution in [1.29, 1.82) is 0 Å². The molecule has 5 nitrogen and oxygen atoms in total. The molecule has 3 aromatic rings. The van der Waals surface area contributed by atoms with Crippen LogP contribution in [0.4, 0.5) is 0 Å². The Hall–Kier alpha value is -2.14. The van der Waals surface area contributed by atoms with Crippen molar-refractivity contribution < 1.29 is 9.52 Å². The summed E-state index contributed by atoms with van der Waals surface area (Å²) in [4.78, 5) is 0. The van der Waals surface area contributed by atoms with Gasteiger partial charge in [-0.1, -0.05) is 30.3 Å². The monoisotopic (exact) mass is 271 g/mol. The normalized spacial score (nSPS) is 12.9. The van der Waals surface area contributed by atoms with E-state index in [0.717, 1.165) is 35.3 Å². The fraction of sp³-hybridized carbons (Fsp3) is 0.333. The summed E-state index contributed by atoms with van der Waals surface area (Å²) >= 11 is 0. The molecule has 1 atom stereocenters. The third-order valence-electron chi connectivity index (χ3n) is 3.46. The first-order chi connectivity index (χ1) is 9.72. The average Bonchev–Trinajstić information content (AvgIpc) is 3.02. The van der Waals surface area contributed by atoms with Gasteiger partial charge in [0, 0.05) is 17.5 Å². The van der Waals surface area contributed by atoms with Gasteiger partial charge in [-0.05, 0) is 19.4 Å². The van der Waals surface area contributed by atoms with Crippen LogP contribution in [0.25, 0.3) is 11.0 Å². The Morgan fingerprint density at radius 1 is 1.35 bits per heavy atom. The highest BCUT2D eigenvalue weighted by Gasteiger charge is 2.23. The zero-order chi connectivity index (χ0) is 14.1. The van der Waals surface area contributed by atoms with Crippen LogP contribution in [0.5, 0.6) is 0 Å². The van der Waals surface area contributed by atoms with E-state index in [1.165, 1.54) is 0 Å². The Morgan fingerprint density at radius 2 is 2.15 bits per heavy atom. The van der Waals surface area contributed by atoms with Gasteiger partial charge in [0.1, 0.15) is 17.4 Å². The molecule has 0 aliphatic carbocycles. The molecule has 3 rings (SSSR count). The van der Waals surface area contributed by atoms with E-state index in [1.54, 1.807) is 10.9 Å². The standard InChI is InChI=1S/C15H17N3O2/c1-3-8-18-12(9-16-17-18)15(19)14-10(2)20-13-7-5-4-6-11(13)14/h4-7,9,15,19H,3,8H2,1-2H3. The summed E-state index contributed by atoms with van der Waals surface area (Å²) in [5, 5.41) is 19.6. The van der Waals surface area contributed by atoms with Crippen molar-refractivity contribution in [2.24, 2.45) is 0 Å². The molecular formula is C15H17N3O2. The SMILES string of the molecule is CCCn1nncc1C(O)c1c(C)oc2ccccc12. The molecule has 2 aromatic heterocycles. The van der Waals surface area contributed by atoms with E-state index in [1.807, 2.05) is 31.2 Å². The quantitative estimate of drug-likeness (QED) is 0.792. The summed E-state index contributed by atoms with van der Waals surface area (Å²) in [6.45, 7) is 4.67. The molecule has 0 radical (unpaired) electrons. The van der Waals surface area contributed by atoms with Gasteiger partial charge in [-0.2, -0.15) is 0 Å². The first kappa shape index (κ1) is 12.9. The second-order valence-electron chi connectivity index (χ2n) is 4.85.